The van der Waals surface area contributed by atoms with Crippen molar-refractivity contribution in [3.05, 3.63) is 12.4 Å². The van der Waals surface area contributed by atoms with Gasteiger partial charge in [0.2, 0.25) is 0 Å². The number of likely N-dealkylation sites (tertiary alicyclic amines) is 1. The molecule has 128 valence electrons. The van der Waals surface area contributed by atoms with Gasteiger partial charge in [-0.25, -0.2) is 4.79 Å². The van der Waals surface area contributed by atoms with Gasteiger partial charge in [0.05, 0.1) is 11.9 Å². The highest BCUT2D eigenvalue weighted by Gasteiger charge is 2.40. The standard InChI is InChI=1S/C15H21F3N4O/c16-15(17,18)11-22-9-12(8-19-22)20-13(23)21-7-6-14(10-21)4-2-1-3-5-14/h8-9H,1-7,10-11H2,(H,20,23). The third kappa shape index (κ3) is 3.97. The highest BCUT2D eigenvalue weighted by atomic mass is 19.4. The molecule has 8 heteroatoms. The lowest BCUT2D eigenvalue weighted by atomic mass is 9.73. The van der Waals surface area contributed by atoms with E-state index >= 15 is 0 Å². The van der Waals surface area contributed by atoms with Gasteiger partial charge in [-0.2, -0.15) is 18.3 Å². The molecule has 23 heavy (non-hydrogen) atoms. The smallest absolute Gasteiger partial charge is 0.324 e. The molecule has 1 saturated heterocycles. The molecule has 2 heterocycles. The van der Waals surface area contributed by atoms with Crippen molar-refractivity contribution in [3.8, 4) is 0 Å². The first-order chi connectivity index (χ1) is 10.9. The molecule has 1 N–H and O–H groups in total. The van der Waals surface area contributed by atoms with Crippen molar-refractivity contribution < 1.29 is 18.0 Å². The van der Waals surface area contributed by atoms with Gasteiger partial charge in [0.15, 0.2) is 0 Å². The molecule has 0 unspecified atom stereocenters. The number of rotatable bonds is 2. The van der Waals surface area contributed by atoms with Crippen LogP contribution in [0.2, 0.25) is 0 Å². The maximum Gasteiger partial charge on any atom is 0.408 e. The van der Waals surface area contributed by atoms with Gasteiger partial charge in [-0.3, -0.25) is 4.68 Å². The molecule has 1 saturated carbocycles. The van der Waals surface area contributed by atoms with Gasteiger partial charge in [0.25, 0.3) is 0 Å². The van der Waals surface area contributed by atoms with Gasteiger partial charge in [-0.15, -0.1) is 0 Å². The molecule has 0 radical (unpaired) electrons. The molecule has 0 atom stereocenters. The Labute approximate surface area is 132 Å². The molecule has 2 fully saturated rings. The average molecular weight is 330 g/mol. The van der Waals surface area contributed by atoms with E-state index in [0.29, 0.717) is 12.2 Å². The van der Waals surface area contributed by atoms with Gasteiger partial charge in [0.1, 0.15) is 6.54 Å². The molecular weight excluding hydrogens is 309 g/mol. The van der Waals surface area contributed by atoms with Gasteiger partial charge in [-0.1, -0.05) is 19.3 Å². The minimum atomic E-state index is -4.32. The number of anilines is 1. The summed E-state index contributed by atoms with van der Waals surface area (Å²) in [5, 5.41) is 6.28. The second-order valence-electron chi connectivity index (χ2n) is 6.70. The van der Waals surface area contributed by atoms with Crippen LogP contribution in [0.1, 0.15) is 38.5 Å². The van der Waals surface area contributed by atoms with Crippen molar-refractivity contribution in [2.24, 2.45) is 5.41 Å². The summed E-state index contributed by atoms with van der Waals surface area (Å²) in [6.07, 6.45) is 5.20. The lowest BCUT2D eigenvalue weighted by Crippen LogP contribution is -2.36. The Morgan fingerprint density at radius 3 is 2.70 bits per heavy atom. The van der Waals surface area contributed by atoms with Gasteiger partial charge < -0.3 is 10.2 Å². The fourth-order valence-electron chi connectivity index (χ4n) is 3.72. The Balaban J connectivity index is 1.55. The van der Waals surface area contributed by atoms with Crippen molar-refractivity contribution in [3.63, 3.8) is 0 Å². The molecule has 1 spiro atoms. The number of nitrogens with zero attached hydrogens (tertiary/aromatic N) is 3. The van der Waals surface area contributed by atoms with Crippen molar-refractivity contribution in [2.45, 2.75) is 51.2 Å². The van der Waals surface area contributed by atoms with Crippen LogP contribution in [-0.4, -0.2) is 40.0 Å². The van der Waals surface area contributed by atoms with Gasteiger partial charge in [0, 0.05) is 19.3 Å². The van der Waals surface area contributed by atoms with E-state index in [2.05, 4.69) is 10.4 Å². The Morgan fingerprint density at radius 1 is 1.26 bits per heavy atom. The fraction of sp³-hybridized carbons (Fsp3) is 0.733. The summed E-state index contributed by atoms with van der Waals surface area (Å²) in [5.41, 5.74) is 0.555. The van der Waals surface area contributed by atoms with Crippen LogP contribution in [0, 0.1) is 5.41 Å². The molecule has 1 aromatic rings. The summed E-state index contributed by atoms with van der Waals surface area (Å²) in [6.45, 7) is 0.299. The highest BCUT2D eigenvalue weighted by Crippen LogP contribution is 2.43. The fourth-order valence-corrected chi connectivity index (χ4v) is 3.72. The number of alkyl halides is 3. The van der Waals surface area contributed by atoms with E-state index in [4.69, 9.17) is 0 Å². The Morgan fingerprint density at radius 2 is 2.00 bits per heavy atom. The number of carbonyl (C=O) groups is 1. The molecule has 3 rings (SSSR count). The number of urea groups is 1. The van der Waals surface area contributed by atoms with E-state index in [0.717, 1.165) is 17.6 Å². The molecule has 0 bridgehead atoms. The minimum absolute atomic E-state index is 0.251. The third-order valence-corrected chi connectivity index (χ3v) is 4.87. The normalized spacial score (nSPS) is 20.9. The number of hydrogen-bond acceptors (Lipinski definition) is 2. The first-order valence-corrected chi connectivity index (χ1v) is 8.00. The van der Waals surface area contributed by atoms with E-state index in [1.165, 1.54) is 44.5 Å². The Kier molecular flexibility index (Phi) is 4.25. The van der Waals surface area contributed by atoms with Crippen LogP contribution in [0.4, 0.5) is 23.7 Å². The first-order valence-electron chi connectivity index (χ1n) is 8.00. The van der Waals surface area contributed by atoms with Crippen LogP contribution in [0.25, 0.3) is 0 Å². The quantitative estimate of drug-likeness (QED) is 0.900. The SMILES string of the molecule is O=C(Nc1cnn(CC(F)(F)F)c1)N1CCC2(CCCCC2)C1. The zero-order valence-corrected chi connectivity index (χ0v) is 12.9. The van der Waals surface area contributed by atoms with Crippen LogP contribution >= 0.6 is 0 Å². The van der Waals surface area contributed by atoms with Crippen LogP contribution in [0.5, 0.6) is 0 Å². The lowest BCUT2D eigenvalue weighted by molar-refractivity contribution is -0.142. The van der Waals surface area contributed by atoms with E-state index in [-0.39, 0.29) is 11.4 Å². The number of hydrogen-bond donors (Lipinski definition) is 1. The van der Waals surface area contributed by atoms with Crippen LogP contribution in [0.15, 0.2) is 12.4 Å². The summed E-state index contributed by atoms with van der Waals surface area (Å²) in [5.74, 6) is 0. The third-order valence-electron chi connectivity index (χ3n) is 4.87. The van der Waals surface area contributed by atoms with E-state index in [9.17, 15) is 18.0 Å². The maximum absolute atomic E-state index is 12.3. The van der Waals surface area contributed by atoms with Crippen LogP contribution < -0.4 is 5.32 Å². The van der Waals surface area contributed by atoms with E-state index < -0.39 is 12.7 Å². The summed E-state index contributed by atoms with van der Waals surface area (Å²) < 4.78 is 37.7. The van der Waals surface area contributed by atoms with Crippen LogP contribution in [-0.2, 0) is 6.54 Å². The summed E-state index contributed by atoms with van der Waals surface area (Å²) in [6, 6.07) is -0.251. The molecule has 1 aromatic heterocycles. The predicted molar refractivity (Wildman–Crippen MR) is 79.0 cm³/mol. The van der Waals surface area contributed by atoms with E-state index in [1.807, 2.05) is 0 Å². The molecular formula is C15H21F3N4O. The number of amides is 2. The second kappa shape index (κ2) is 6.05. The van der Waals surface area contributed by atoms with Crippen LogP contribution in [0.3, 0.4) is 0 Å². The van der Waals surface area contributed by atoms with Crippen molar-refractivity contribution in [2.75, 3.05) is 18.4 Å². The summed E-state index contributed by atoms with van der Waals surface area (Å²) in [4.78, 5) is 14.1. The number of halogens is 3. The maximum atomic E-state index is 12.3. The van der Waals surface area contributed by atoms with Crippen molar-refractivity contribution in [1.82, 2.24) is 14.7 Å². The summed E-state index contributed by atoms with van der Waals surface area (Å²) in [7, 11) is 0. The zero-order chi connectivity index (χ0) is 16.5. The number of carbonyl (C=O) groups excluding carboxylic acids is 1. The topological polar surface area (TPSA) is 50.2 Å². The molecule has 2 aliphatic rings. The lowest BCUT2D eigenvalue weighted by Gasteiger charge is -2.33. The number of nitrogens with one attached hydrogen (secondary N) is 1. The van der Waals surface area contributed by atoms with Crippen molar-refractivity contribution >= 4 is 11.7 Å². The largest absolute Gasteiger partial charge is 0.408 e. The highest BCUT2D eigenvalue weighted by molar-refractivity contribution is 5.89. The van der Waals surface area contributed by atoms with Crippen molar-refractivity contribution in [1.29, 1.82) is 0 Å². The van der Waals surface area contributed by atoms with Gasteiger partial charge in [-0.05, 0) is 24.7 Å². The Bertz CT molecular complexity index is 563. The summed E-state index contributed by atoms with van der Waals surface area (Å²) >= 11 is 0. The monoisotopic (exact) mass is 330 g/mol. The molecule has 2 amide bonds. The minimum Gasteiger partial charge on any atom is -0.324 e. The average Bonchev–Trinajstić information content (AvgIpc) is 3.06. The zero-order valence-electron chi connectivity index (χ0n) is 12.9. The second-order valence-corrected chi connectivity index (χ2v) is 6.70. The first kappa shape index (κ1) is 16.1. The molecule has 5 nitrogen and oxygen atoms in total. The predicted octanol–water partition coefficient (Wildman–Crippen LogP) is 3.63. The Hall–Kier alpha value is -1.73. The molecule has 1 aliphatic carbocycles. The molecule has 1 aliphatic heterocycles. The molecule has 0 aromatic carbocycles. The number of aromatic nitrogens is 2. The van der Waals surface area contributed by atoms with Gasteiger partial charge >= 0.3 is 12.2 Å². The van der Waals surface area contributed by atoms with E-state index in [1.54, 1.807) is 4.90 Å².